The van der Waals surface area contributed by atoms with Crippen LogP contribution in [0.25, 0.3) is 0 Å². The third-order valence-corrected chi connectivity index (χ3v) is 6.48. The molecular weight excluding hydrogens is 528 g/mol. The number of ether oxygens (including phenoxy) is 2. The molecule has 0 bridgehead atoms. The van der Waals surface area contributed by atoms with Gasteiger partial charge in [0.1, 0.15) is 5.82 Å². The average molecular weight is 546 g/mol. The first-order valence-corrected chi connectivity index (χ1v) is 10.8. The molecular formula is C19H18BrFIN3O2. The van der Waals surface area contributed by atoms with Gasteiger partial charge in [-0.1, -0.05) is 38.5 Å². The van der Waals surface area contributed by atoms with Gasteiger partial charge < -0.3 is 19.7 Å². The minimum Gasteiger partial charge on any atom is -0.493 e. The van der Waals surface area contributed by atoms with E-state index in [1.54, 1.807) is 20.6 Å². The Kier molecular flexibility index (Phi) is 5.19. The summed E-state index contributed by atoms with van der Waals surface area (Å²) in [6, 6.07) is 7.15. The number of halogens is 3. The van der Waals surface area contributed by atoms with E-state index in [-0.39, 0.29) is 18.0 Å². The Morgan fingerprint density at radius 3 is 2.81 bits per heavy atom. The van der Waals surface area contributed by atoms with Crippen molar-refractivity contribution in [3.63, 3.8) is 0 Å². The summed E-state index contributed by atoms with van der Waals surface area (Å²) < 4.78 is 27.6. The molecule has 2 aliphatic rings. The number of aliphatic imine (C=N–C) groups is 1. The maximum atomic E-state index is 14.8. The number of alkyl halides is 1. The molecule has 0 spiro atoms. The Hall–Kier alpha value is -1.55. The molecule has 0 aliphatic carbocycles. The van der Waals surface area contributed by atoms with Crippen molar-refractivity contribution in [1.29, 1.82) is 0 Å². The lowest BCUT2D eigenvalue weighted by atomic mass is 9.88. The predicted molar refractivity (Wildman–Crippen MR) is 117 cm³/mol. The molecule has 1 N–H and O–H groups in total. The second kappa shape index (κ2) is 7.46. The molecule has 2 atom stereocenters. The van der Waals surface area contributed by atoms with Crippen LogP contribution in [0.4, 0.5) is 15.8 Å². The van der Waals surface area contributed by atoms with Crippen molar-refractivity contribution in [2.45, 2.75) is 18.6 Å². The summed E-state index contributed by atoms with van der Waals surface area (Å²) >= 11 is 5.69. The highest BCUT2D eigenvalue weighted by Gasteiger charge is 2.40. The second-order valence-electron chi connectivity index (χ2n) is 6.36. The van der Waals surface area contributed by atoms with Crippen LogP contribution in [-0.4, -0.2) is 31.0 Å². The smallest absolute Gasteiger partial charge is 0.164 e. The van der Waals surface area contributed by atoms with Crippen molar-refractivity contribution in [1.82, 2.24) is 0 Å². The van der Waals surface area contributed by atoms with Gasteiger partial charge in [0.15, 0.2) is 17.7 Å². The van der Waals surface area contributed by atoms with Gasteiger partial charge in [-0.05, 0) is 24.6 Å². The zero-order chi connectivity index (χ0) is 19.1. The molecule has 0 radical (unpaired) electrons. The average Bonchev–Trinajstić information content (AvgIpc) is 2.68. The fourth-order valence-electron chi connectivity index (χ4n) is 3.84. The van der Waals surface area contributed by atoms with E-state index >= 15 is 0 Å². The normalized spacial score (nSPS) is 20.1. The molecule has 0 fully saturated rings. The van der Waals surface area contributed by atoms with E-state index in [1.165, 1.54) is 6.07 Å². The van der Waals surface area contributed by atoms with Crippen molar-refractivity contribution < 1.29 is 13.9 Å². The summed E-state index contributed by atoms with van der Waals surface area (Å²) in [5, 5.41) is 3.20. The molecule has 2 aromatic carbocycles. The van der Waals surface area contributed by atoms with Gasteiger partial charge in [-0.2, -0.15) is 0 Å². The summed E-state index contributed by atoms with van der Waals surface area (Å²) in [7, 11) is 3.28. The second-order valence-corrected chi connectivity index (χ2v) is 8.16. The van der Waals surface area contributed by atoms with Crippen LogP contribution < -0.4 is 19.7 Å². The predicted octanol–water partition coefficient (Wildman–Crippen LogP) is 4.92. The van der Waals surface area contributed by atoms with Crippen molar-refractivity contribution in [3.05, 3.63) is 45.7 Å². The number of nitrogens with zero attached hydrogens (tertiary/aromatic N) is 2. The number of nitrogens with one attached hydrogen (secondary N) is 1. The van der Waals surface area contributed by atoms with Crippen LogP contribution in [0.1, 0.15) is 17.3 Å². The Labute approximate surface area is 179 Å². The topological polar surface area (TPSA) is 46.1 Å². The number of anilines is 2. The van der Waals surface area contributed by atoms with Gasteiger partial charge in [-0.25, -0.2) is 9.38 Å². The molecule has 0 amide bonds. The maximum Gasteiger partial charge on any atom is 0.164 e. The first kappa shape index (κ1) is 18.8. The van der Waals surface area contributed by atoms with Gasteiger partial charge in [-0.3, -0.25) is 0 Å². The highest BCUT2D eigenvalue weighted by Crippen LogP contribution is 2.49. The molecule has 27 heavy (non-hydrogen) atoms. The standard InChI is InChI=1S/C19H18BrFIN3O2/c1-26-16-7-14-17-12(18(16)27-2)6-11(8-22)25(19(17)24-9-23-14)15-4-3-10(20)5-13(15)21/h3-5,7,9,11,19H,6,8H2,1-2H3,(H,23,24). The van der Waals surface area contributed by atoms with Gasteiger partial charge in [0, 0.05) is 32.1 Å². The molecule has 0 aromatic heterocycles. The highest BCUT2D eigenvalue weighted by molar-refractivity contribution is 14.1. The van der Waals surface area contributed by atoms with Gasteiger partial charge in [0.05, 0.1) is 31.9 Å². The third-order valence-electron chi connectivity index (χ3n) is 4.97. The summed E-state index contributed by atoms with van der Waals surface area (Å²) in [6.45, 7) is 0. The summed E-state index contributed by atoms with van der Waals surface area (Å²) in [6.07, 6.45) is 2.07. The van der Waals surface area contributed by atoms with Crippen LogP contribution in [0.15, 0.2) is 33.7 Å². The molecule has 142 valence electrons. The lowest BCUT2D eigenvalue weighted by Crippen LogP contribution is -2.46. The van der Waals surface area contributed by atoms with E-state index in [9.17, 15) is 4.39 Å². The molecule has 2 aliphatic heterocycles. The van der Waals surface area contributed by atoms with E-state index in [2.05, 4.69) is 53.7 Å². The lowest BCUT2D eigenvalue weighted by molar-refractivity contribution is 0.347. The fourth-order valence-corrected chi connectivity index (χ4v) is 4.91. The van der Waals surface area contributed by atoms with Crippen LogP contribution in [0.3, 0.4) is 0 Å². The Morgan fingerprint density at radius 1 is 1.33 bits per heavy atom. The van der Waals surface area contributed by atoms with Crippen LogP contribution in [-0.2, 0) is 6.42 Å². The molecule has 5 nitrogen and oxygen atoms in total. The zero-order valence-corrected chi connectivity index (χ0v) is 18.5. The lowest BCUT2D eigenvalue weighted by Gasteiger charge is -2.44. The van der Waals surface area contributed by atoms with Crippen LogP contribution in [0.2, 0.25) is 0 Å². The third kappa shape index (κ3) is 3.06. The van der Waals surface area contributed by atoms with Crippen LogP contribution in [0, 0.1) is 5.82 Å². The number of hydrogen-bond donors (Lipinski definition) is 1. The SMILES string of the molecule is COc1cc2c3c(c1OC)CC(CI)N(c1ccc(Br)cc1F)C3N=CN2. The Morgan fingerprint density at radius 2 is 2.15 bits per heavy atom. The quantitative estimate of drug-likeness (QED) is 0.437. The molecule has 0 saturated heterocycles. The van der Waals surface area contributed by atoms with Gasteiger partial charge >= 0.3 is 0 Å². The van der Waals surface area contributed by atoms with Gasteiger partial charge in [0.25, 0.3) is 0 Å². The number of hydrogen-bond acceptors (Lipinski definition) is 5. The largest absolute Gasteiger partial charge is 0.493 e. The molecule has 0 saturated carbocycles. The van der Waals surface area contributed by atoms with Gasteiger partial charge in [-0.15, -0.1) is 0 Å². The first-order chi connectivity index (χ1) is 13.1. The van der Waals surface area contributed by atoms with Gasteiger partial charge in [0.2, 0.25) is 0 Å². The Balaban J connectivity index is 1.93. The molecule has 4 rings (SSSR count). The van der Waals surface area contributed by atoms with E-state index in [0.717, 1.165) is 33.4 Å². The fraction of sp³-hybridized carbons (Fsp3) is 0.316. The van der Waals surface area contributed by atoms with E-state index < -0.39 is 0 Å². The van der Waals surface area contributed by atoms with Crippen LogP contribution in [0.5, 0.6) is 11.5 Å². The molecule has 8 heteroatoms. The maximum absolute atomic E-state index is 14.8. The minimum absolute atomic E-state index is 0.0721. The van der Waals surface area contributed by atoms with Crippen molar-refractivity contribution in [3.8, 4) is 11.5 Å². The van der Waals surface area contributed by atoms with Crippen molar-refractivity contribution in [2.24, 2.45) is 4.99 Å². The number of benzene rings is 2. The molecule has 2 unspecified atom stereocenters. The zero-order valence-electron chi connectivity index (χ0n) is 14.8. The van der Waals surface area contributed by atoms with E-state index in [1.807, 2.05) is 18.2 Å². The highest BCUT2D eigenvalue weighted by atomic mass is 127. The van der Waals surface area contributed by atoms with E-state index in [0.29, 0.717) is 15.9 Å². The molecule has 2 aromatic rings. The number of methoxy groups -OCH3 is 2. The van der Waals surface area contributed by atoms with Crippen molar-refractivity contribution in [2.75, 3.05) is 28.9 Å². The first-order valence-electron chi connectivity index (χ1n) is 8.44. The number of rotatable bonds is 4. The van der Waals surface area contributed by atoms with Crippen LogP contribution >= 0.6 is 38.5 Å². The molecule has 2 heterocycles. The monoisotopic (exact) mass is 545 g/mol. The summed E-state index contributed by atoms with van der Waals surface area (Å²) in [5.74, 6) is 1.15. The van der Waals surface area contributed by atoms with Crippen molar-refractivity contribution >= 4 is 56.2 Å². The Bertz CT molecular complexity index is 924. The van der Waals surface area contributed by atoms with E-state index in [4.69, 9.17) is 9.47 Å². The summed E-state index contributed by atoms with van der Waals surface area (Å²) in [4.78, 5) is 6.74. The summed E-state index contributed by atoms with van der Waals surface area (Å²) in [5.41, 5.74) is 3.54. The minimum atomic E-state index is -0.319.